The molecular formula is C32H62O4. The largest absolute Gasteiger partial charge is 0.466 e. The number of hydrogen-bond donors (Lipinski definition) is 0. The van der Waals surface area contributed by atoms with Gasteiger partial charge in [-0.15, -0.1) is 0 Å². The molecule has 0 rings (SSSR count). The van der Waals surface area contributed by atoms with Crippen molar-refractivity contribution in [1.82, 2.24) is 0 Å². The molecule has 1 atom stereocenters. The molecule has 0 aromatic rings. The first-order valence-electron chi connectivity index (χ1n) is 16.0. The number of carbonyl (C=O) groups is 2. The van der Waals surface area contributed by atoms with E-state index in [9.17, 15) is 9.59 Å². The van der Waals surface area contributed by atoms with Gasteiger partial charge in [-0.05, 0) is 32.1 Å². The van der Waals surface area contributed by atoms with Crippen molar-refractivity contribution in [3.05, 3.63) is 0 Å². The van der Waals surface area contributed by atoms with Crippen molar-refractivity contribution in [3.8, 4) is 0 Å². The van der Waals surface area contributed by atoms with Crippen LogP contribution in [-0.4, -0.2) is 25.2 Å². The molecule has 0 aliphatic carbocycles. The second-order valence-electron chi connectivity index (χ2n) is 10.7. The van der Waals surface area contributed by atoms with Gasteiger partial charge in [0, 0.05) is 6.42 Å². The van der Waals surface area contributed by atoms with Crippen LogP contribution in [0.25, 0.3) is 0 Å². The van der Waals surface area contributed by atoms with Crippen molar-refractivity contribution in [1.29, 1.82) is 0 Å². The van der Waals surface area contributed by atoms with E-state index in [-0.39, 0.29) is 17.9 Å². The van der Waals surface area contributed by atoms with Crippen molar-refractivity contribution >= 4 is 11.9 Å². The van der Waals surface area contributed by atoms with Crippen LogP contribution in [0.5, 0.6) is 0 Å². The van der Waals surface area contributed by atoms with Crippen LogP contribution >= 0.6 is 0 Å². The molecule has 0 radical (unpaired) electrons. The van der Waals surface area contributed by atoms with Crippen molar-refractivity contribution in [2.75, 3.05) is 13.2 Å². The summed E-state index contributed by atoms with van der Waals surface area (Å²) in [6.07, 6.45) is 28.2. The quantitative estimate of drug-likeness (QED) is 0.0776. The van der Waals surface area contributed by atoms with E-state index < -0.39 is 0 Å². The molecule has 0 bridgehead atoms. The molecule has 214 valence electrons. The Hall–Kier alpha value is -1.06. The molecule has 0 heterocycles. The van der Waals surface area contributed by atoms with E-state index in [1.807, 2.05) is 0 Å². The Morgan fingerprint density at radius 1 is 0.500 bits per heavy atom. The maximum absolute atomic E-state index is 12.2. The fourth-order valence-corrected chi connectivity index (χ4v) is 4.70. The zero-order chi connectivity index (χ0) is 26.5. The summed E-state index contributed by atoms with van der Waals surface area (Å²) in [6, 6.07) is 0. The highest BCUT2D eigenvalue weighted by molar-refractivity contribution is 5.72. The normalized spacial score (nSPS) is 12.0. The van der Waals surface area contributed by atoms with Crippen molar-refractivity contribution in [2.24, 2.45) is 5.92 Å². The third-order valence-corrected chi connectivity index (χ3v) is 7.26. The molecule has 4 heteroatoms. The third-order valence-electron chi connectivity index (χ3n) is 7.26. The van der Waals surface area contributed by atoms with Crippen molar-refractivity contribution < 1.29 is 19.1 Å². The highest BCUT2D eigenvalue weighted by atomic mass is 16.5. The summed E-state index contributed by atoms with van der Waals surface area (Å²) in [4.78, 5) is 23.9. The van der Waals surface area contributed by atoms with Gasteiger partial charge >= 0.3 is 11.9 Å². The van der Waals surface area contributed by atoms with Crippen LogP contribution in [0.2, 0.25) is 0 Å². The molecule has 1 unspecified atom stereocenters. The summed E-state index contributed by atoms with van der Waals surface area (Å²) in [5.74, 6) is 0.127. The lowest BCUT2D eigenvalue weighted by Gasteiger charge is -2.14. The summed E-state index contributed by atoms with van der Waals surface area (Å²) in [6.45, 7) is 7.70. The van der Waals surface area contributed by atoms with E-state index in [0.29, 0.717) is 19.6 Å². The van der Waals surface area contributed by atoms with Gasteiger partial charge in [0.05, 0.1) is 19.1 Å². The Bertz CT molecular complexity index is 477. The monoisotopic (exact) mass is 510 g/mol. The maximum atomic E-state index is 12.2. The standard InChI is InChI=1S/C32H62O4/c1-4-7-9-24-28-35-31(33)27-23-21-19-17-15-13-11-12-14-16-18-20-22-26-30(6-3)32(34)36-29-25-10-8-5-2/h30H,4-29H2,1-3H3. The summed E-state index contributed by atoms with van der Waals surface area (Å²) < 4.78 is 10.8. The second-order valence-corrected chi connectivity index (χ2v) is 10.7. The van der Waals surface area contributed by atoms with E-state index >= 15 is 0 Å². The third kappa shape index (κ3) is 24.6. The fourth-order valence-electron chi connectivity index (χ4n) is 4.70. The Balaban J connectivity index is 3.36. The summed E-state index contributed by atoms with van der Waals surface area (Å²) in [5, 5.41) is 0. The smallest absolute Gasteiger partial charge is 0.308 e. The Morgan fingerprint density at radius 3 is 1.39 bits per heavy atom. The van der Waals surface area contributed by atoms with E-state index in [0.717, 1.165) is 44.9 Å². The summed E-state index contributed by atoms with van der Waals surface area (Å²) in [5.41, 5.74) is 0. The Morgan fingerprint density at radius 2 is 0.917 bits per heavy atom. The minimum Gasteiger partial charge on any atom is -0.466 e. The highest BCUT2D eigenvalue weighted by Crippen LogP contribution is 2.18. The van der Waals surface area contributed by atoms with Gasteiger partial charge in [-0.2, -0.15) is 0 Å². The van der Waals surface area contributed by atoms with Gasteiger partial charge in [0.25, 0.3) is 0 Å². The first-order valence-corrected chi connectivity index (χ1v) is 16.0. The molecule has 0 aromatic carbocycles. The lowest BCUT2D eigenvalue weighted by Crippen LogP contribution is -2.17. The van der Waals surface area contributed by atoms with Crippen LogP contribution in [0.15, 0.2) is 0 Å². The van der Waals surface area contributed by atoms with Gasteiger partial charge < -0.3 is 9.47 Å². The first kappa shape index (κ1) is 34.9. The van der Waals surface area contributed by atoms with E-state index in [4.69, 9.17) is 9.47 Å². The molecule has 0 spiro atoms. The zero-order valence-corrected chi connectivity index (χ0v) is 24.6. The fraction of sp³-hybridized carbons (Fsp3) is 0.938. The minimum atomic E-state index is -0.00708. The average Bonchev–Trinajstić information content (AvgIpc) is 2.88. The first-order chi connectivity index (χ1) is 17.7. The molecule has 0 saturated carbocycles. The minimum absolute atomic E-state index is 0.00708. The van der Waals surface area contributed by atoms with Crippen LogP contribution in [0.3, 0.4) is 0 Å². The SMILES string of the molecule is CCCCCCOC(=O)CCCCCCCCCCCCCCCC(CC)C(=O)OCCCCCC. The molecule has 4 nitrogen and oxygen atoms in total. The van der Waals surface area contributed by atoms with Crippen LogP contribution in [-0.2, 0) is 19.1 Å². The molecular weight excluding hydrogens is 448 g/mol. The predicted molar refractivity (Wildman–Crippen MR) is 153 cm³/mol. The van der Waals surface area contributed by atoms with Crippen LogP contribution in [0.1, 0.15) is 175 Å². The van der Waals surface area contributed by atoms with Gasteiger partial charge in [0.2, 0.25) is 0 Å². The van der Waals surface area contributed by atoms with E-state index in [2.05, 4.69) is 20.8 Å². The van der Waals surface area contributed by atoms with Crippen LogP contribution < -0.4 is 0 Å². The number of hydrogen-bond acceptors (Lipinski definition) is 4. The number of rotatable bonds is 28. The predicted octanol–water partition coefficient (Wildman–Crippen LogP) is 10.1. The van der Waals surface area contributed by atoms with Gasteiger partial charge in [0.15, 0.2) is 0 Å². The zero-order valence-electron chi connectivity index (χ0n) is 24.6. The molecule has 0 amide bonds. The summed E-state index contributed by atoms with van der Waals surface area (Å²) >= 11 is 0. The van der Waals surface area contributed by atoms with Gasteiger partial charge in [0.1, 0.15) is 0 Å². The molecule has 36 heavy (non-hydrogen) atoms. The van der Waals surface area contributed by atoms with Crippen molar-refractivity contribution in [2.45, 2.75) is 175 Å². The Labute approximate surface area is 225 Å². The number of ether oxygens (including phenoxy) is 2. The molecule has 0 fully saturated rings. The van der Waals surface area contributed by atoms with Crippen LogP contribution in [0, 0.1) is 5.92 Å². The summed E-state index contributed by atoms with van der Waals surface area (Å²) in [7, 11) is 0. The number of unbranched alkanes of at least 4 members (excludes halogenated alkanes) is 18. The van der Waals surface area contributed by atoms with E-state index in [1.165, 1.54) is 103 Å². The van der Waals surface area contributed by atoms with Gasteiger partial charge in [-0.3, -0.25) is 9.59 Å². The second kappa shape index (κ2) is 28.5. The Kier molecular flexibility index (Phi) is 27.7. The van der Waals surface area contributed by atoms with E-state index in [1.54, 1.807) is 0 Å². The highest BCUT2D eigenvalue weighted by Gasteiger charge is 2.17. The number of carbonyl (C=O) groups excluding carboxylic acids is 2. The molecule has 0 aromatic heterocycles. The van der Waals surface area contributed by atoms with Gasteiger partial charge in [-0.25, -0.2) is 0 Å². The van der Waals surface area contributed by atoms with Gasteiger partial charge in [-0.1, -0.05) is 136 Å². The van der Waals surface area contributed by atoms with Crippen molar-refractivity contribution in [3.63, 3.8) is 0 Å². The number of esters is 2. The molecule has 0 aliphatic heterocycles. The molecule has 0 aliphatic rings. The lowest BCUT2D eigenvalue weighted by molar-refractivity contribution is -0.149. The maximum Gasteiger partial charge on any atom is 0.308 e. The van der Waals surface area contributed by atoms with Crippen LogP contribution in [0.4, 0.5) is 0 Å². The molecule has 0 N–H and O–H groups in total. The topological polar surface area (TPSA) is 52.6 Å². The lowest BCUT2D eigenvalue weighted by atomic mass is 9.97. The molecule has 0 saturated heterocycles. The average molecular weight is 511 g/mol.